The molecule has 8 nitrogen and oxygen atoms in total. The molecule has 1 N–H and O–H groups in total. The fourth-order valence-electron chi connectivity index (χ4n) is 5.05. The van der Waals surface area contributed by atoms with E-state index in [9.17, 15) is 14.7 Å². The van der Waals surface area contributed by atoms with Crippen molar-refractivity contribution in [1.82, 2.24) is 13.3 Å². The van der Waals surface area contributed by atoms with Gasteiger partial charge < -0.3 is 19.3 Å². The van der Waals surface area contributed by atoms with E-state index in [0.29, 0.717) is 18.8 Å². The highest BCUT2D eigenvalue weighted by Gasteiger charge is 2.26. The normalized spacial score (nSPS) is 11.3. The SMILES string of the molecule is CCCCN(C(C)=O)c1ccc2c(c1)c(-c1ccc(CO)cc1)c(C(=O)OCC)n2Cc1ccc2nsnc2c1. The van der Waals surface area contributed by atoms with Crippen LogP contribution in [-0.4, -0.2) is 43.4 Å². The number of aliphatic hydroxyl groups excluding tert-OH is 1. The van der Waals surface area contributed by atoms with Gasteiger partial charge in [-0.2, -0.15) is 8.75 Å². The third-order valence-electron chi connectivity index (χ3n) is 7.03. The number of carbonyl (C=O) groups excluding carboxylic acids is 2. The van der Waals surface area contributed by atoms with Crippen LogP contribution in [0.2, 0.25) is 0 Å². The fourth-order valence-corrected chi connectivity index (χ4v) is 5.57. The van der Waals surface area contributed by atoms with Crippen LogP contribution in [0, 0.1) is 0 Å². The van der Waals surface area contributed by atoms with Crippen molar-refractivity contribution in [2.24, 2.45) is 0 Å². The molecule has 0 fully saturated rings. The number of hydrogen-bond donors (Lipinski definition) is 1. The van der Waals surface area contributed by atoms with Crippen LogP contribution in [0.15, 0.2) is 60.7 Å². The van der Waals surface area contributed by atoms with Crippen molar-refractivity contribution in [2.75, 3.05) is 18.1 Å². The Morgan fingerprint density at radius 1 is 0.975 bits per heavy atom. The maximum absolute atomic E-state index is 13.6. The largest absolute Gasteiger partial charge is 0.461 e. The number of unbranched alkanes of at least 4 members (excludes halogenated alkanes) is 1. The van der Waals surface area contributed by atoms with Crippen LogP contribution in [0.5, 0.6) is 0 Å². The van der Waals surface area contributed by atoms with E-state index in [4.69, 9.17) is 4.74 Å². The number of nitrogens with zero attached hydrogens (tertiary/aromatic N) is 4. The zero-order valence-electron chi connectivity index (χ0n) is 22.9. The number of rotatable bonds is 10. The average Bonchev–Trinajstić information content (AvgIpc) is 3.55. The summed E-state index contributed by atoms with van der Waals surface area (Å²) in [6.45, 7) is 6.66. The summed E-state index contributed by atoms with van der Waals surface area (Å²) in [4.78, 5) is 28.0. The van der Waals surface area contributed by atoms with Gasteiger partial charge in [-0.1, -0.05) is 43.7 Å². The van der Waals surface area contributed by atoms with Gasteiger partial charge >= 0.3 is 5.97 Å². The molecule has 0 bridgehead atoms. The van der Waals surface area contributed by atoms with Crippen LogP contribution in [0.4, 0.5) is 5.69 Å². The third kappa shape index (κ3) is 5.35. The van der Waals surface area contributed by atoms with E-state index in [1.54, 1.807) is 18.7 Å². The maximum Gasteiger partial charge on any atom is 0.355 e. The molecule has 0 saturated heterocycles. The minimum absolute atomic E-state index is 0.0307. The Morgan fingerprint density at radius 3 is 2.42 bits per heavy atom. The zero-order valence-corrected chi connectivity index (χ0v) is 23.7. The Labute approximate surface area is 237 Å². The smallest absolute Gasteiger partial charge is 0.355 e. The molecule has 3 aromatic carbocycles. The molecule has 0 radical (unpaired) electrons. The molecule has 0 unspecified atom stereocenters. The van der Waals surface area contributed by atoms with Gasteiger partial charge in [-0.15, -0.1) is 0 Å². The summed E-state index contributed by atoms with van der Waals surface area (Å²) in [5, 5.41) is 10.5. The number of aromatic nitrogens is 3. The predicted octanol–water partition coefficient (Wildman–Crippen LogP) is 6.18. The molecule has 0 saturated carbocycles. The highest BCUT2D eigenvalue weighted by atomic mass is 32.1. The van der Waals surface area contributed by atoms with Crippen molar-refractivity contribution in [2.45, 2.75) is 46.8 Å². The number of esters is 1. The lowest BCUT2D eigenvalue weighted by Crippen LogP contribution is -2.29. The van der Waals surface area contributed by atoms with Gasteiger partial charge in [0, 0.05) is 42.2 Å². The third-order valence-corrected chi connectivity index (χ3v) is 7.58. The number of amides is 1. The minimum atomic E-state index is -0.424. The van der Waals surface area contributed by atoms with Crippen molar-refractivity contribution >= 4 is 51.2 Å². The summed E-state index contributed by atoms with van der Waals surface area (Å²) in [5.41, 5.74) is 7.02. The Hall–Kier alpha value is -4.08. The molecule has 206 valence electrons. The van der Waals surface area contributed by atoms with E-state index in [0.717, 1.165) is 62.7 Å². The fraction of sp³-hybridized carbons (Fsp3) is 0.290. The second-order valence-corrected chi connectivity index (χ2v) is 10.2. The number of benzene rings is 3. The summed E-state index contributed by atoms with van der Waals surface area (Å²) < 4.78 is 16.3. The lowest BCUT2D eigenvalue weighted by molar-refractivity contribution is -0.116. The molecule has 0 atom stereocenters. The number of anilines is 1. The van der Waals surface area contributed by atoms with Gasteiger partial charge in [0.25, 0.3) is 0 Å². The molecule has 2 heterocycles. The van der Waals surface area contributed by atoms with Gasteiger partial charge in [0.1, 0.15) is 16.7 Å². The van der Waals surface area contributed by atoms with Crippen LogP contribution in [-0.2, 0) is 22.7 Å². The van der Waals surface area contributed by atoms with E-state index >= 15 is 0 Å². The van der Waals surface area contributed by atoms with Crippen LogP contribution in [0.3, 0.4) is 0 Å². The number of fused-ring (bicyclic) bond motifs is 2. The standard InChI is InChI=1S/C31H32N4O4S/c1-4-6-15-34(20(3)37)24-12-14-28-25(17-24)29(23-10-7-21(19-36)8-11-23)30(31(38)39-5-2)35(28)18-22-9-13-26-27(16-22)33-40-32-26/h7-14,16-17,36H,4-6,15,18-19H2,1-3H3. The Bertz CT molecular complexity index is 1670. The lowest BCUT2D eigenvalue weighted by atomic mass is 10.00. The van der Waals surface area contributed by atoms with E-state index in [1.807, 2.05) is 65.2 Å². The molecule has 0 aliphatic heterocycles. The molecule has 0 aliphatic rings. The summed E-state index contributed by atoms with van der Waals surface area (Å²) in [6, 6.07) is 19.4. The molecule has 5 rings (SSSR count). The minimum Gasteiger partial charge on any atom is -0.461 e. The van der Waals surface area contributed by atoms with E-state index in [1.165, 1.54) is 11.7 Å². The van der Waals surface area contributed by atoms with Gasteiger partial charge in [-0.25, -0.2) is 4.79 Å². The highest BCUT2D eigenvalue weighted by molar-refractivity contribution is 7.00. The zero-order chi connectivity index (χ0) is 28.2. The van der Waals surface area contributed by atoms with Crippen molar-refractivity contribution in [3.8, 4) is 11.1 Å². The quantitative estimate of drug-likeness (QED) is 0.206. The van der Waals surface area contributed by atoms with Crippen molar-refractivity contribution in [3.05, 3.63) is 77.5 Å². The topological polar surface area (TPSA) is 97.6 Å². The Morgan fingerprint density at radius 2 is 1.73 bits per heavy atom. The summed E-state index contributed by atoms with van der Waals surface area (Å²) in [6.07, 6.45) is 1.85. The average molecular weight is 557 g/mol. The van der Waals surface area contributed by atoms with E-state index in [2.05, 4.69) is 15.7 Å². The van der Waals surface area contributed by atoms with Crippen LogP contribution in [0.25, 0.3) is 33.1 Å². The molecule has 2 aromatic heterocycles. The molecule has 1 amide bonds. The van der Waals surface area contributed by atoms with Crippen molar-refractivity contribution in [3.63, 3.8) is 0 Å². The van der Waals surface area contributed by atoms with E-state index in [-0.39, 0.29) is 19.1 Å². The number of carbonyl (C=O) groups is 2. The lowest BCUT2D eigenvalue weighted by Gasteiger charge is -2.21. The molecule has 40 heavy (non-hydrogen) atoms. The van der Waals surface area contributed by atoms with Crippen LogP contribution in [0.1, 0.15) is 55.2 Å². The summed E-state index contributed by atoms with van der Waals surface area (Å²) in [5.74, 6) is -0.454. The maximum atomic E-state index is 13.6. The first kappa shape index (κ1) is 27.5. The van der Waals surface area contributed by atoms with Crippen molar-refractivity contribution in [1.29, 1.82) is 0 Å². The second-order valence-electron chi connectivity index (χ2n) is 9.70. The second kappa shape index (κ2) is 12.0. The first-order valence-corrected chi connectivity index (χ1v) is 14.2. The molecular formula is C31H32N4O4S. The Balaban J connectivity index is 1.76. The van der Waals surface area contributed by atoms with Crippen LogP contribution >= 0.6 is 11.7 Å². The number of aliphatic hydroxyl groups is 1. The van der Waals surface area contributed by atoms with E-state index < -0.39 is 5.97 Å². The monoisotopic (exact) mass is 556 g/mol. The van der Waals surface area contributed by atoms with Crippen LogP contribution < -0.4 is 4.90 Å². The predicted molar refractivity (Wildman–Crippen MR) is 159 cm³/mol. The molecule has 0 aliphatic carbocycles. The first-order chi connectivity index (χ1) is 19.4. The van der Waals surface area contributed by atoms with Gasteiger partial charge in [-0.05, 0) is 60.4 Å². The molecule has 9 heteroatoms. The van der Waals surface area contributed by atoms with Gasteiger partial charge in [-0.3, -0.25) is 4.79 Å². The summed E-state index contributed by atoms with van der Waals surface area (Å²) in [7, 11) is 0. The molecule has 5 aromatic rings. The Kier molecular flexibility index (Phi) is 8.23. The van der Waals surface area contributed by atoms with Gasteiger partial charge in [0.2, 0.25) is 5.91 Å². The highest BCUT2D eigenvalue weighted by Crippen LogP contribution is 2.38. The van der Waals surface area contributed by atoms with Gasteiger partial charge in [0.05, 0.1) is 24.9 Å². The number of hydrogen-bond acceptors (Lipinski definition) is 7. The van der Waals surface area contributed by atoms with Crippen molar-refractivity contribution < 1.29 is 19.4 Å². The molecular weight excluding hydrogens is 524 g/mol. The summed E-state index contributed by atoms with van der Waals surface area (Å²) >= 11 is 1.17. The first-order valence-electron chi connectivity index (χ1n) is 13.5. The number of ether oxygens (including phenoxy) is 1. The van der Waals surface area contributed by atoms with Gasteiger partial charge in [0.15, 0.2) is 0 Å². The molecule has 0 spiro atoms.